The molecule has 0 saturated carbocycles. The largest absolute Gasteiger partial charge is 0.212 e. The highest BCUT2D eigenvalue weighted by molar-refractivity contribution is 7.88. The molecule has 66 valence electrons. The van der Waals surface area contributed by atoms with Gasteiger partial charge in [-0.15, -0.1) is 0 Å². The predicted molar refractivity (Wildman–Crippen MR) is 44.9 cm³/mol. The van der Waals surface area contributed by atoms with Crippen LogP contribution in [0.1, 0.15) is 26.7 Å². The van der Waals surface area contributed by atoms with Crippen molar-refractivity contribution in [3.05, 3.63) is 0 Å². The van der Waals surface area contributed by atoms with Gasteiger partial charge in [0.05, 0.1) is 6.26 Å². The summed E-state index contributed by atoms with van der Waals surface area (Å²) in [5, 5.41) is 0. The van der Waals surface area contributed by atoms with Gasteiger partial charge >= 0.3 is 0 Å². The van der Waals surface area contributed by atoms with Crippen LogP contribution >= 0.6 is 0 Å². The number of hydrogen-bond donors (Lipinski definition) is 0. The van der Waals surface area contributed by atoms with E-state index in [0.29, 0.717) is 6.54 Å². The smallest absolute Gasteiger partial charge is 0.211 e. The molecular weight excluding hydrogens is 162 g/mol. The maximum absolute atomic E-state index is 11.2. The molecule has 0 aliphatic carbocycles. The van der Waals surface area contributed by atoms with E-state index in [4.69, 9.17) is 0 Å². The number of hydrogen-bond acceptors (Lipinski definition) is 2. The van der Waals surface area contributed by atoms with Crippen LogP contribution in [0.2, 0.25) is 0 Å². The molecule has 1 saturated heterocycles. The Bertz CT molecular complexity index is 243. The van der Waals surface area contributed by atoms with Gasteiger partial charge in [0, 0.05) is 12.1 Å². The van der Waals surface area contributed by atoms with Gasteiger partial charge in [0.2, 0.25) is 10.0 Å². The zero-order valence-electron chi connectivity index (χ0n) is 7.29. The summed E-state index contributed by atoms with van der Waals surface area (Å²) in [6.07, 6.45) is 3.24. The van der Waals surface area contributed by atoms with Crippen LogP contribution in [0.4, 0.5) is 0 Å². The van der Waals surface area contributed by atoms with Crippen molar-refractivity contribution in [1.29, 1.82) is 0 Å². The van der Waals surface area contributed by atoms with Crippen molar-refractivity contribution < 1.29 is 8.42 Å². The van der Waals surface area contributed by atoms with Crippen LogP contribution in [0, 0.1) is 0 Å². The molecule has 11 heavy (non-hydrogen) atoms. The fraction of sp³-hybridized carbons (Fsp3) is 1.00. The Balaban J connectivity index is 2.91. The average Bonchev–Trinajstić information content (AvgIpc) is 2.06. The first-order valence-corrected chi connectivity index (χ1v) is 5.67. The highest BCUT2D eigenvalue weighted by Crippen LogP contribution is 2.29. The topological polar surface area (TPSA) is 37.4 Å². The molecule has 0 N–H and O–H groups in total. The van der Waals surface area contributed by atoms with Crippen molar-refractivity contribution in [1.82, 2.24) is 4.31 Å². The molecule has 1 aliphatic heterocycles. The van der Waals surface area contributed by atoms with E-state index in [0.717, 1.165) is 12.8 Å². The summed E-state index contributed by atoms with van der Waals surface area (Å²) in [4.78, 5) is 0. The summed E-state index contributed by atoms with van der Waals surface area (Å²) in [7, 11) is -2.98. The summed E-state index contributed by atoms with van der Waals surface area (Å²) in [6, 6.07) is 0. The van der Waals surface area contributed by atoms with Crippen LogP contribution in [0.25, 0.3) is 0 Å². The fourth-order valence-corrected chi connectivity index (χ4v) is 3.15. The number of nitrogens with zero attached hydrogens (tertiary/aromatic N) is 1. The molecular formula is C7H15NO2S. The third-order valence-electron chi connectivity index (χ3n) is 2.23. The van der Waals surface area contributed by atoms with Crippen molar-refractivity contribution in [3.63, 3.8) is 0 Å². The molecule has 1 aliphatic rings. The highest BCUT2D eigenvalue weighted by atomic mass is 32.2. The van der Waals surface area contributed by atoms with Gasteiger partial charge in [-0.2, -0.15) is 4.31 Å². The lowest BCUT2D eigenvalue weighted by atomic mass is 10.0. The molecule has 4 heteroatoms. The summed E-state index contributed by atoms with van der Waals surface area (Å²) in [5.74, 6) is 0. The lowest BCUT2D eigenvalue weighted by molar-refractivity contribution is 0.294. The summed E-state index contributed by atoms with van der Waals surface area (Å²) in [5.41, 5.74) is -0.159. The maximum atomic E-state index is 11.2. The first-order valence-electron chi connectivity index (χ1n) is 3.82. The maximum Gasteiger partial charge on any atom is 0.211 e. The van der Waals surface area contributed by atoms with Gasteiger partial charge in [0.25, 0.3) is 0 Å². The number of sulfonamides is 1. The van der Waals surface area contributed by atoms with Crippen molar-refractivity contribution in [2.75, 3.05) is 12.8 Å². The standard InChI is InChI=1S/C7H15NO2S/c1-7(2)5-4-6-8(7)11(3,9)10/h4-6H2,1-3H3. The van der Waals surface area contributed by atoms with Crippen LogP contribution in [-0.4, -0.2) is 31.1 Å². The second kappa shape index (κ2) is 2.45. The summed E-state index contributed by atoms with van der Waals surface area (Å²) in [6.45, 7) is 4.63. The number of rotatable bonds is 1. The normalized spacial score (nSPS) is 25.7. The molecule has 0 atom stereocenters. The van der Waals surface area contributed by atoms with E-state index in [-0.39, 0.29) is 5.54 Å². The highest BCUT2D eigenvalue weighted by Gasteiger charge is 2.37. The zero-order chi connectivity index (χ0) is 8.70. The third kappa shape index (κ3) is 1.73. The molecule has 0 aromatic rings. The molecule has 0 aromatic carbocycles. The van der Waals surface area contributed by atoms with Crippen LogP contribution in [0.15, 0.2) is 0 Å². The van der Waals surface area contributed by atoms with Crippen molar-refractivity contribution in [3.8, 4) is 0 Å². The van der Waals surface area contributed by atoms with E-state index < -0.39 is 10.0 Å². The average molecular weight is 177 g/mol. The van der Waals surface area contributed by atoms with Gasteiger partial charge in [-0.25, -0.2) is 8.42 Å². The SMILES string of the molecule is CC1(C)CCCN1S(C)(=O)=O. The molecule has 0 bridgehead atoms. The Morgan fingerprint density at radius 2 is 1.91 bits per heavy atom. The lowest BCUT2D eigenvalue weighted by Gasteiger charge is -2.28. The monoisotopic (exact) mass is 177 g/mol. The Labute approximate surface area is 68.4 Å². The second-order valence-electron chi connectivity index (χ2n) is 3.75. The second-order valence-corrected chi connectivity index (χ2v) is 5.66. The lowest BCUT2D eigenvalue weighted by Crippen LogP contribution is -2.41. The van der Waals surface area contributed by atoms with Gasteiger partial charge in [0.15, 0.2) is 0 Å². The first kappa shape index (κ1) is 9.00. The minimum absolute atomic E-state index is 0.159. The Morgan fingerprint density at radius 3 is 2.09 bits per heavy atom. The summed E-state index contributed by atoms with van der Waals surface area (Å²) >= 11 is 0. The predicted octanol–water partition coefficient (Wildman–Crippen LogP) is 0.820. The van der Waals surface area contributed by atoms with E-state index >= 15 is 0 Å². The molecule has 0 aromatic heterocycles. The van der Waals surface area contributed by atoms with Gasteiger partial charge in [-0.3, -0.25) is 0 Å². The fourth-order valence-electron chi connectivity index (χ4n) is 1.70. The van der Waals surface area contributed by atoms with E-state index in [1.165, 1.54) is 6.26 Å². The van der Waals surface area contributed by atoms with Crippen molar-refractivity contribution in [2.24, 2.45) is 0 Å². The third-order valence-corrected chi connectivity index (χ3v) is 3.70. The van der Waals surface area contributed by atoms with Crippen LogP contribution in [0.3, 0.4) is 0 Å². The molecule has 1 rings (SSSR count). The molecule has 0 spiro atoms. The Hall–Kier alpha value is -0.0900. The van der Waals surface area contributed by atoms with E-state index in [1.54, 1.807) is 4.31 Å². The quantitative estimate of drug-likeness (QED) is 0.594. The minimum Gasteiger partial charge on any atom is -0.212 e. The molecule has 0 amide bonds. The van der Waals surface area contributed by atoms with Crippen molar-refractivity contribution in [2.45, 2.75) is 32.2 Å². The van der Waals surface area contributed by atoms with Crippen molar-refractivity contribution >= 4 is 10.0 Å². The van der Waals surface area contributed by atoms with Crippen LogP contribution in [-0.2, 0) is 10.0 Å². The van der Waals surface area contributed by atoms with Gasteiger partial charge in [-0.1, -0.05) is 0 Å². The molecule has 1 heterocycles. The Kier molecular flexibility index (Phi) is 2.01. The van der Waals surface area contributed by atoms with E-state index in [1.807, 2.05) is 13.8 Å². The van der Waals surface area contributed by atoms with E-state index in [9.17, 15) is 8.42 Å². The Morgan fingerprint density at radius 1 is 1.36 bits per heavy atom. The zero-order valence-corrected chi connectivity index (χ0v) is 8.11. The summed E-state index contributed by atoms with van der Waals surface area (Å²) < 4.78 is 23.9. The minimum atomic E-state index is -2.98. The molecule has 0 unspecified atom stereocenters. The first-order chi connectivity index (χ1) is 4.84. The van der Waals surface area contributed by atoms with Crippen LogP contribution < -0.4 is 0 Å². The van der Waals surface area contributed by atoms with Gasteiger partial charge in [-0.05, 0) is 26.7 Å². The molecule has 0 radical (unpaired) electrons. The molecule has 1 fully saturated rings. The molecule has 3 nitrogen and oxygen atoms in total. The van der Waals surface area contributed by atoms with Gasteiger partial charge < -0.3 is 0 Å². The van der Waals surface area contributed by atoms with Crippen LogP contribution in [0.5, 0.6) is 0 Å². The van der Waals surface area contributed by atoms with E-state index in [2.05, 4.69) is 0 Å². The van der Waals surface area contributed by atoms with Gasteiger partial charge in [0.1, 0.15) is 0 Å².